The van der Waals surface area contributed by atoms with Crippen molar-refractivity contribution in [3.63, 3.8) is 0 Å². The molecule has 19 heavy (non-hydrogen) atoms. The van der Waals surface area contributed by atoms with Gasteiger partial charge in [-0.15, -0.1) is 0 Å². The molecule has 0 radical (unpaired) electrons. The standard InChI is InChI=1S/C17H33NO/c1-2-3-4-5-14-10-12-17(18,13-11-14)15-6-8-16(19)9-7-15/h14-16,19H,2-13,18H2,1H3. The summed E-state index contributed by atoms with van der Waals surface area (Å²) >= 11 is 0. The van der Waals surface area contributed by atoms with E-state index < -0.39 is 0 Å². The van der Waals surface area contributed by atoms with E-state index in [4.69, 9.17) is 5.73 Å². The van der Waals surface area contributed by atoms with Crippen LogP contribution < -0.4 is 5.73 Å². The SMILES string of the molecule is CCCCCC1CCC(N)(C2CCC(O)CC2)CC1. The predicted octanol–water partition coefficient (Wildman–Crippen LogP) is 4.01. The molecule has 2 saturated carbocycles. The Hall–Kier alpha value is -0.0800. The maximum atomic E-state index is 9.63. The fourth-order valence-electron chi connectivity index (χ4n) is 4.25. The minimum absolute atomic E-state index is 0.0507. The van der Waals surface area contributed by atoms with Crippen LogP contribution in [0.5, 0.6) is 0 Å². The van der Waals surface area contributed by atoms with Gasteiger partial charge in [0.1, 0.15) is 0 Å². The summed E-state index contributed by atoms with van der Waals surface area (Å²) in [4.78, 5) is 0. The Morgan fingerprint density at radius 2 is 1.63 bits per heavy atom. The van der Waals surface area contributed by atoms with Gasteiger partial charge in [0.25, 0.3) is 0 Å². The van der Waals surface area contributed by atoms with Crippen molar-refractivity contribution in [2.45, 2.75) is 95.6 Å². The number of hydrogen-bond donors (Lipinski definition) is 2. The average Bonchev–Trinajstić information content (AvgIpc) is 2.42. The minimum Gasteiger partial charge on any atom is -0.393 e. The molecule has 2 rings (SSSR count). The monoisotopic (exact) mass is 267 g/mol. The highest BCUT2D eigenvalue weighted by Gasteiger charge is 2.39. The summed E-state index contributed by atoms with van der Waals surface area (Å²) in [6.45, 7) is 2.28. The Bertz CT molecular complexity index is 250. The lowest BCUT2D eigenvalue weighted by Crippen LogP contribution is -2.51. The summed E-state index contributed by atoms with van der Waals surface area (Å²) in [6, 6.07) is 0. The van der Waals surface area contributed by atoms with Gasteiger partial charge in [-0.25, -0.2) is 0 Å². The molecule has 0 spiro atoms. The molecule has 0 aromatic carbocycles. The van der Waals surface area contributed by atoms with Crippen LogP contribution in [0.3, 0.4) is 0 Å². The molecule has 0 heterocycles. The first-order valence-corrected chi connectivity index (χ1v) is 8.61. The van der Waals surface area contributed by atoms with Crippen molar-refractivity contribution in [3.8, 4) is 0 Å². The number of unbranched alkanes of at least 4 members (excludes halogenated alkanes) is 2. The number of nitrogens with two attached hydrogens (primary N) is 1. The molecule has 2 fully saturated rings. The third-order valence-corrected chi connectivity index (χ3v) is 5.76. The van der Waals surface area contributed by atoms with E-state index in [0.717, 1.165) is 31.6 Å². The second kappa shape index (κ2) is 7.08. The summed E-state index contributed by atoms with van der Waals surface area (Å²) in [5, 5.41) is 9.63. The largest absolute Gasteiger partial charge is 0.393 e. The molecule has 2 aliphatic rings. The van der Waals surface area contributed by atoms with E-state index in [1.807, 2.05) is 0 Å². The molecule has 0 saturated heterocycles. The number of rotatable bonds is 5. The lowest BCUT2D eigenvalue weighted by molar-refractivity contribution is 0.0621. The molecule has 0 aromatic rings. The Balaban J connectivity index is 1.74. The van der Waals surface area contributed by atoms with Crippen molar-refractivity contribution in [1.29, 1.82) is 0 Å². The van der Waals surface area contributed by atoms with E-state index in [1.54, 1.807) is 0 Å². The molecule has 0 amide bonds. The van der Waals surface area contributed by atoms with E-state index >= 15 is 0 Å². The van der Waals surface area contributed by atoms with Crippen molar-refractivity contribution >= 4 is 0 Å². The summed E-state index contributed by atoms with van der Waals surface area (Å²) in [7, 11) is 0. The van der Waals surface area contributed by atoms with Gasteiger partial charge in [0.2, 0.25) is 0 Å². The van der Waals surface area contributed by atoms with Crippen LogP contribution in [-0.4, -0.2) is 16.7 Å². The Kier molecular flexibility index (Phi) is 5.70. The minimum atomic E-state index is -0.0507. The van der Waals surface area contributed by atoms with Gasteiger partial charge in [0, 0.05) is 5.54 Å². The first-order valence-electron chi connectivity index (χ1n) is 8.61. The summed E-state index contributed by atoms with van der Waals surface area (Å²) in [6.07, 6.45) is 14.9. The van der Waals surface area contributed by atoms with Gasteiger partial charge in [0.15, 0.2) is 0 Å². The van der Waals surface area contributed by atoms with Crippen molar-refractivity contribution in [2.75, 3.05) is 0 Å². The van der Waals surface area contributed by atoms with Gasteiger partial charge in [-0.3, -0.25) is 0 Å². The van der Waals surface area contributed by atoms with Crippen LogP contribution in [0, 0.1) is 11.8 Å². The zero-order valence-corrected chi connectivity index (χ0v) is 12.7. The first kappa shape index (κ1) is 15.3. The van der Waals surface area contributed by atoms with Gasteiger partial charge in [-0.1, -0.05) is 32.6 Å². The molecule has 0 unspecified atom stereocenters. The summed E-state index contributed by atoms with van der Waals surface area (Å²) in [5.41, 5.74) is 6.81. The molecule has 0 atom stereocenters. The zero-order valence-electron chi connectivity index (χ0n) is 12.7. The van der Waals surface area contributed by atoms with Crippen LogP contribution in [0.4, 0.5) is 0 Å². The first-order chi connectivity index (χ1) is 9.14. The van der Waals surface area contributed by atoms with Crippen molar-refractivity contribution in [3.05, 3.63) is 0 Å². The second-order valence-electron chi connectivity index (χ2n) is 7.18. The molecular formula is C17H33NO. The number of hydrogen-bond acceptors (Lipinski definition) is 2. The van der Waals surface area contributed by atoms with Gasteiger partial charge in [-0.05, 0) is 63.2 Å². The Morgan fingerprint density at radius 1 is 1.00 bits per heavy atom. The molecular weight excluding hydrogens is 234 g/mol. The third-order valence-electron chi connectivity index (χ3n) is 5.76. The predicted molar refractivity (Wildman–Crippen MR) is 81.0 cm³/mol. The van der Waals surface area contributed by atoms with Crippen LogP contribution in [0.15, 0.2) is 0 Å². The molecule has 0 bridgehead atoms. The average molecular weight is 267 g/mol. The van der Waals surface area contributed by atoms with Gasteiger partial charge in [0.05, 0.1) is 6.10 Å². The fourth-order valence-corrected chi connectivity index (χ4v) is 4.25. The molecule has 0 aliphatic heterocycles. The van der Waals surface area contributed by atoms with E-state index in [-0.39, 0.29) is 11.6 Å². The summed E-state index contributed by atoms with van der Waals surface area (Å²) < 4.78 is 0. The van der Waals surface area contributed by atoms with Crippen LogP contribution in [0.25, 0.3) is 0 Å². The number of aliphatic hydroxyl groups is 1. The van der Waals surface area contributed by atoms with Crippen LogP contribution >= 0.6 is 0 Å². The Morgan fingerprint density at radius 3 is 2.21 bits per heavy atom. The molecule has 2 aliphatic carbocycles. The van der Waals surface area contributed by atoms with E-state index in [1.165, 1.54) is 51.4 Å². The molecule has 2 heteroatoms. The molecule has 0 aromatic heterocycles. The van der Waals surface area contributed by atoms with Crippen molar-refractivity contribution in [1.82, 2.24) is 0 Å². The fraction of sp³-hybridized carbons (Fsp3) is 1.00. The highest BCUT2D eigenvalue weighted by molar-refractivity contribution is 4.97. The maximum Gasteiger partial charge on any atom is 0.0540 e. The molecule has 2 nitrogen and oxygen atoms in total. The van der Waals surface area contributed by atoms with E-state index in [2.05, 4.69) is 6.92 Å². The highest BCUT2D eigenvalue weighted by Crippen LogP contribution is 2.42. The summed E-state index contributed by atoms with van der Waals surface area (Å²) in [5.74, 6) is 1.62. The zero-order chi connectivity index (χ0) is 13.7. The van der Waals surface area contributed by atoms with Crippen molar-refractivity contribution < 1.29 is 5.11 Å². The lowest BCUT2D eigenvalue weighted by Gasteiger charge is -2.45. The molecule has 112 valence electrons. The highest BCUT2D eigenvalue weighted by atomic mass is 16.3. The van der Waals surface area contributed by atoms with E-state index in [9.17, 15) is 5.11 Å². The third kappa shape index (κ3) is 4.19. The van der Waals surface area contributed by atoms with Gasteiger partial charge in [-0.2, -0.15) is 0 Å². The van der Waals surface area contributed by atoms with Gasteiger partial charge >= 0.3 is 0 Å². The van der Waals surface area contributed by atoms with E-state index in [0.29, 0.717) is 5.92 Å². The quantitative estimate of drug-likeness (QED) is 0.739. The second-order valence-corrected chi connectivity index (χ2v) is 7.18. The van der Waals surface area contributed by atoms with Gasteiger partial charge < -0.3 is 10.8 Å². The van der Waals surface area contributed by atoms with Crippen LogP contribution in [0.1, 0.15) is 84.0 Å². The van der Waals surface area contributed by atoms with Crippen LogP contribution in [0.2, 0.25) is 0 Å². The smallest absolute Gasteiger partial charge is 0.0540 e. The topological polar surface area (TPSA) is 46.2 Å². The van der Waals surface area contributed by atoms with Crippen molar-refractivity contribution in [2.24, 2.45) is 17.6 Å². The van der Waals surface area contributed by atoms with Crippen LogP contribution in [-0.2, 0) is 0 Å². The lowest BCUT2D eigenvalue weighted by atomic mass is 9.65. The normalized spacial score (nSPS) is 40.3. The molecule has 3 N–H and O–H groups in total. The number of aliphatic hydroxyl groups excluding tert-OH is 1. The Labute approximate surface area is 119 Å². The maximum absolute atomic E-state index is 9.63.